The second kappa shape index (κ2) is 1.76. The van der Waals surface area contributed by atoms with Gasteiger partial charge in [0.05, 0.1) is 2.74 Å². The average molecular weight is 165 g/mol. The second-order valence-electron chi connectivity index (χ2n) is 0.814. The highest BCUT2D eigenvalue weighted by atomic mass is 79.9. The molecular formula is C4H3BrS. The van der Waals surface area contributed by atoms with Crippen molar-refractivity contribution in [3.05, 3.63) is 21.3 Å². The highest BCUT2D eigenvalue weighted by Crippen LogP contribution is 2.11. The van der Waals surface area contributed by atoms with Gasteiger partial charge in [-0.2, -0.15) is 11.3 Å². The number of halogens is 1. The third-order valence-corrected chi connectivity index (χ3v) is 1.64. The zero-order valence-electron chi connectivity index (χ0n) is 4.86. The van der Waals surface area contributed by atoms with E-state index in [9.17, 15) is 0 Å². The maximum atomic E-state index is 7.09. The molecule has 0 nitrogen and oxygen atoms in total. The number of thiophene rings is 1. The van der Waals surface area contributed by atoms with Gasteiger partial charge < -0.3 is 0 Å². The molecule has 0 amide bonds. The van der Waals surface area contributed by atoms with Crippen LogP contribution in [-0.4, -0.2) is 0 Å². The van der Waals surface area contributed by atoms with Crippen LogP contribution in [0.4, 0.5) is 0 Å². The van der Waals surface area contributed by atoms with Crippen molar-refractivity contribution in [1.82, 2.24) is 0 Å². The standard InChI is InChI=1S/C4H3BrS/c5-4-1-2-6-3-4/h1-3H/i2D,3D. The molecule has 6 heavy (non-hydrogen) atoms. The summed E-state index contributed by atoms with van der Waals surface area (Å²) in [6.45, 7) is 0. The van der Waals surface area contributed by atoms with E-state index in [1.54, 1.807) is 6.07 Å². The molecule has 1 heterocycles. The van der Waals surface area contributed by atoms with E-state index in [2.05, 4.69) is 15.9 Å². The molecule has 1 aromatic rings. The summed E-state index contributed by atoms with van der Waals surface area (Å²) in [4.78, 5) is 0. The molecular weight excluding hydrogens is 160 g/mol. The van der Waals surface area contributed by atoms with E-state index in [0.717, 1.165) is 11.3 Å². The molecule has 2 heteroatoms. The predicted octanol–water partition coefficient (Wildman–Crippen LogP) is 2.51. The molecule has 1 aromatic heterocycles. The minimum atomic E-state index is 0.426. The minimum absolute atomic E-state index is 0.426. The first-order valence-corrected chi connectivity index (χ1v) is 3.03. The van der Waals surface area contributed by atoms with E-state index in [-0.39, 0.29) is 0 Å². The van der Waals surface area contributed by atoms with Crippen LogP contribution in [0.1, 0.15) is 2.74 Å². The molecule has 0 radical (unpaired) electrons. The van der Waals surface area contributed by atoms with Gasteiger partial charge >= 0.3 is 0 Å². The SMILES string of the molecule is [2H]c1cc(Br)c([2H])s1. The summed E-state index contributed by atoms with van der Waals surface area (Å²) in [5.41, 5.74) is 0. The molecule has 1 rings (SSSR count). The van der Waals surface area contributed by atoms with Gasteiger partial charge in [-0.1, -0.05) is 0 Å². The molecule has 0 saturated heterocycles. The van der Waals surface area contributed by atoms with E-state index in [0.29, 0.717) is 15.2 Å². The monoisotopic (exact) mass is 164 g/mol. The van der Waals surface area contributed by atoms with Crippen molar-refractivity contribution < 1.29 is 2.74 Å². The second-order valence-corrected chi connectivity index (χ2v) is 2.31. The highest BCUT2D eigenvalue weighted by Gasteiger charge is 1.77. The maximum Gasteiger partial charge on any atom is 0.0752 e. The number of hydrogen-bond donors (Lipinski definition) is 0. The maximum absolute atomic E-state index is 7.09. The van der Waals surface area contributed by atoms with Crippen LogP contribution in [0, 0.1) is 0 Å². The van der Waals surface area contributed by atoms with Crippen LogP contribution in [0.15, 0.2) is 21.3 Å². The lowest BCUT2D eigenvalue weighted by molar-refractivity contribution is 1.90. The molecule has 0 saturated carbocycles. The van der Waals surface area contributed by atoms with Gasteiger partial charge in [0.15, 0.2) is 0 Å². The van der Waals surface area contributed by atoms with Crippen molar-refractivity contribution in [3.8, 4) is 0 Å². The quantitative estimate of drug-likeness (QED) is 0.554. The van der Waals surface area contributed by atoms with Crippen molar-refractivity contribution in [1.29, 1.82) is 0 Å². The Balaban J connectivity index is 3.14. The summed E-state index contributed by atoms with van der Waals surface area (Å²) in [7, 11) is 0. The average Bonchev–Trinajstić information content (AvgIpc) is 1.85. The molecule has 0 unspecified atom stereocenters. The van der Waals surface area contributed by atoms with E-state index < -0.39 is 0 Å². The van der Waals surface area contributed by atoms with Gasteiger partial charge in [-0.05, 0) is 27.4 Å². The fourth-order valence-corrected chi connectivity index (χ4v) is 1.09. The van der Waals surface area contributed by atoms with E-state index >= 15 is 0 Å². The predicted molar refractivity (Wildman–Crippen MR) is 32.0 cm³/mol. The summed E-state index contributed by atoms with van der Waals surface area (Å²) in [5.74, 6) is 0. The van der Waals surface area contributed by atoms with Crippen molar-refractivity contribution in [2.24, 2.45) is 0 Å². The minimum Gasteiger partial charge on any atom is -0.151 e. The van der Waals surface area contributed by atoms with Gasteiger partial charge in [0, 0.05) is 9.83 Å². The number of rotatable bonds is 0. The van der Waals surface area contributed by atoms with Crippen LogP contribution in [-0.2, 0) is 0 Å². The van der Waals surface area contributed by atoms with Crippen LogP contribution in [0.25, 0.3) is 0 Å². The van der Waals surface area contributed by atoms with Crippen LogP contribution in [0.2, 0.25) is 0 Å². The van der Waals surface area contributed by atoms with Crippen LogP contribution < -0.4 is 0 Å². The first-order valence-electron chi connectivity index (χ1n) is 2.42. The molecule has 0 aromatic carbocycles. The van der Waals surface area contributed by atoms with E-state index in [1.165, 1.54) is 0 Å². The number of hydrogen-bond acceptors (Lipinski definition) is 1. The van der Waals surface area contributed by atoms with E-state index in [1.807, 2.05) is 0 Å². The zero-order valence-corrected chi connectivity index (χ0v) is 5.27. The Kier molecular flexibility index (Phi) is 0.725. The fourth-order valence-electron chi connectivity index (χ4n) is 0.189. The normalized spacial score (nSPS) is 13.5. The van der Waals surface area contributed by atoms with Gasteiger partial charge in [-0.15, -0.1) is 0 Å². The van der Waals surface area contributed by atoms with Gasteiger partial charge in [-0.25, -0.2) is 0 Å². The third-order valence-electron chi connectivity index (χ3n) is 0.393. The third kappa shape index (κ3) is 0.820. The molecule has 32 valence electrons. The molecule has 0 atom stereocenters. The van der Waals surface area contributed by atoms with Gasteiger partial charge in [0.25, 0.3) is 0 Å². The first-order chi connectivity index (χ1) is 3.70. The molecule has 0 aliphatic heterocycles. The fraction of sp³-hybridized carbons (Fsp3) is 0. The van der Waals surface area contributed by atoms with Gasteiger partial charge in [0.1, 0.15) is 0 Å². The lowest BCUT2D eigenvalue weighted by Gasteiger charge is -1.62. The topological polar surface area (TPSA) is 0 Å². The Bertz CT molecular complexity index is 176. The molecule has 0 bridgehead atoms. The summed E-state index contributed by atoms with van der Waals surface area (Å²) in [6.07, 6.45) is 0. The van der Waals surface area contributed by atoms with Crippen LogP contribution >= 0.6 is 27.3 Å². The smallest absolute Gasteiger partial charge is 0.0752 e. The highest BCUT2D eigenvalue weighted by molar-refractivity contribution is 9.10. The molecule has 0 N–H and O–H groups in total. The lowest BCUT2D eigenvalue weighted by Crippen LogP contribution is -1.34. The molecule has 0 spiro atoms. The van der Waals surface area contributed by atoms with Crippen LogP contribution in [0.3, 0.4) is 0 Å². The summed E-state index contributed by atoms with van der Waals surface area (Å²) >= 11 is 4.27. The Morgan fingerprint density at radius 2 is 2.83 bits per heavy atom. The largest absolute Gasteiger partial charge is 0.151 e. The van der Waals surface area contributed by atoms with Crippen molar-refractivity contribution in [2.45, 2.75) is 0 Å². The Hall–Kier alpha value is 0.180. The van der Waals surface area contributed by atoms with Crippen molar-refractivity contribution in [2.75, 3.05) is 0 Å². The first kappa shape index (κ1) is 2.48. The Labute approximate surface area is 51.7 Å². The van der Waals surface area contributed by atoms with Crippen molar-refractivity contribution in [3.63, 3.8) is 0 Å². The lowest BCUT2D eigenvalue weighted by atomic mass is 10.7. The van der Waals surface area contributed by atoms with Gasteiger partial charge in [0.2, 0.25) is 0 Å². The molecule has 0 aliphatic carbocycles. The Morgan fingerprint density at radius 3 is 3.00 bits per heavy atom. The molecule has 0 aliphatic rings. The summed E-state index contributed by atoms with van der Waals surface area (Å²) in [5, 5.41) is 0.858. The molecule has 0 fully saturated rings. The Morgan fingerprint density at radius 1 is 2.00 bits per heavy atom. The van der Waals surface area contributed by atoms with Gasteiger partial charge in [-0.3, -0.25) is 0 Å². The zero-order chi connectivity index (χ0) is 6.15. The van der Waals surface area contributed by atoms with E-state index in [4.69, 9.17) is 2.74 Å². The van der Waals surface area contributed by atoms with Crippen molar-refractivity contribution >= 4 is 27.3 Å². The van der Waals surface area contributed by atoms with Crippen LogP contribution in [0.5, 0.6) is 0 Å². The summed E-state index contributed by atoms with van der Waals surface area (Å²) < 4.78 is 14.8. The summed E-state index contributed by atoms with van der Waals surface area (Å²) in [6, 6.07) is 1.62.